The molecule has 0 aliphatic carbocycles. The van der Waals surface area contributed by atoms with Gasteiger partial charge in [0.2, 0.25) is 5.91 Å². The first-order chi connectivity index (χ1) is 14.5. The van der Waals surface area contributed by atoms with Crippen LogP contribution in [0.5, 0.6) is 11.6 Å². The molecule has 1 aliphatic heterocycles. The summed E-state index contributed by atoms with van der Waals surface area (Å²) < 4.78 is 8.01. The van der Waals surface area contributed by atoms with Crippen molar-refractivity contribution in [3.05, 3.63) is 52.5 Å². The fourth-order valence-corrected chi connectivity index (χ4v) is 4.58. The molecule has 154 valence electrons. The van der Waals surface area contributed by atoms with Gasteiger partial charge in [-0.1, -0.05) is 51.4 Å². The molecule has 0 saturated heterocycles. The van der Waals surface area contributed by atoms with Crippen molar-refractivity contribution in [1.29, 1.82) is 0 Å². The molecule has 0 saturated carbocycles. The number of thioether (sulfide) groups is 1. The standard InChI is InChI=1S/C21H19BrN4O3S/c1-4-30-21-23-19(28)18-14-7-5-6-8-16(14)25(12(2)27)20(26(18)24-21)15-11-13(22)9-10-17(15)29-3/h5-11,20H,4H2,1-3H3. The first-order valence-electron chi connectivity index (χ1n) is 9.32. The van der Waals surface area contributed by atoms with Crippen LogP contribution >= 0.6 is 27.7 Å². The number of ether oxygens (including phenoxy) is 1. The highest BCUT2D eigenvalue weighted by atomic mass is 79.9. The number of hydrogen-bond donors (Lipinski definition) is 0. The van der Waals surface area contributed by atoms with E-state index in [0.717, 1.165) is 10.2 Å². The maximum Gasteiger partial charge on any atom is 0.296 e. The Kier molecular flexibility index (Phi) is 5.66. The topological polar surface area (TPSA) is 82.3 Å². The number of methoxy groups -OCH3 is 1. The van der Waals surface area contributed by atoms with Gasteiger partial charge in [0.1, 0.15) is 5.75 Å². The van der Waals surface area contributed by atoms with Gasteiger partial charge in [0.15, 0.2) is 0 Å². The van der Waals surface area contributed by atoms with Crippen molar-refractivity contribution in [2.75, 3.05) is 17.8 Å². The highest BCUT2D eigenvalue weighted by Gasteiger charge is 2.45. The molecule has 1 aliphatic rings. The van der Waals surface area contributed by atoms with Crippen molar-refractivity contribution in [3.8, 4) is 22.9 Å². The fraction of sp³-hybridized carbons (Fsp3) is 0.238. The highest BCUT2D eigenvalue weighted by molar-refractivity contribution is 9.10. The van der Waals surface area contributed by atoms with Crippen LogP contribution in [0, 0.1) is 0 Å². The third-order valence-electron chi connectivity index (χ3n) is 4.80. The number of benzene rings is 2. The summed E-state index contributed by atoms with van der Waals surface area (Å²) in [7, 11) is 1.57. The Bertz CT molecular complexity index is 1140. The molecule has 0 radical (unpaired) electrons. The van der Waals surface area contributed by atoms with E-state index in [9.17, 15) is 9.90 Å². The lowest BCUT2D eigenvalue weighted by molar-refractivity contribution is -0.764. The first kappa shape index (κ1) is 20.6. The molecule has 2 aromatic carbocycles. The summed E-state index contributed by atoms with van der Waals surface area (Å²) in [6.45, 7) is 3.47. The highest BCUT2D eigenvalue weighted by Crippen LogP contribution is 2.42. The van der Waals surface area contributed by atoms with E-state index in [0.29, 0.717) is 33.4 Å². The third-order valence-corrected chi connectivity index (χ3v) is 6.01. The Morgan fingerprint density at radius 1 is 1.33 bits per heavy atom. The molecule has 4 rings (SSSR count). The van der Waals surface area contributed by atoms with E-state index in [4.69, 9.17) is 4.74 Å². The molecule has 1 amide bonds. The molecule has 7 nitrogen and oxygen atoms in total. The van der Waals surface area contributed by atoms with Gasteiger partial charge in [-0.25, -0.2) is 9.88 Å². The quantitative estimate of drug-likeness (QED) is 0.415. The molecular weight excluding hydrogens is 468 g/mol. The van der Waals surface area contributed by atoms with E-state index in [1.807, 2.05) is 49.4 Å². The Morgan fingerprint density at radius 2 is 2.10 bits per heavy atom. The van der Waals surface area contributed by atoms with Crippen molar-refractivity contribution < 1.29 is 19.3 Å². The number of halogens is 1. The van der Waals surface area contributed by atoms with Gasteiger partial charge in [-0.15, -0.1) is 0 Å². The zero-order valence-corrected chi connectivity index (χ0v) is 19.0. The number of carbonyl (C=O) groups excluding carboxylic acids is 1. The summed E-state index contributed by atoms with van der Waals surface area (Å²) in [4.78, 5) is 18.7. The smallest absolute Gasteiger partial charge is 0.296 e. The molecule has 1 unspecified atom stereocenters. The Morgan fingerprint density at radius 3 is 2.80 bits per heavy atom. The Labute approximate surface area is 186 Å². The summed E-state index contributed by atoms with van der Waals surface area (Å²) in [5.41, 5.74) is 2.30. The minimum atomic E-state index is -0.702. The van der Waals surface area contributed by atoms with Gasteiger partial charge < -0.3 is 9.84 Å². The summed E-state index contributed by atoms with van der Waals surface area (Å²) in [6, 6.07) is 12.9. The van der Waals surface area contributed by atoms with Gasteiger partial charge in [-0.2, -0.15) is 0 Å². The second-order valence-electron chi connectivity index (χ2n) is 6.59. The van der Waals surface area contributed by atoms with E-state index < -0.39 is 6.17 Å². The number of aromatic nitrogens is 3. The van der Waals surface area contributed by atoms with E-state index >= 15 is 0 Å². The third kappa shape index (κ3) is 3.41. The lowest BCUT2D eigenvalue weighted by Crippen LogP contribution is -2.58. The van der Waals surface area contributed by atoms with Gasteiger partial charge in [0, 0.05) is 16.5 Å². The van der Waals surface area contributed by atoms with Crippen molar-refractivity contribution in [2.24, 2.45) is 0 Å². The van der Waals surface area contributed by atoms with Crippen LogP contribution in [-0.4, -0.2) is 28.9 Å². The van der Waals surface area contributed by atoms with Crippen molar-refractivity contribution in [1.82, 2.24) is 10.1 Å². The van der Waals surface area contributed by atoms with Gasteiger partial charge in [-0.3, -0.25) is 4.79 Å². The summed E-state index contributed by atoms with van der Waals surface area (Å²) in [5, 5.41) is 18.1. The molecule has 2 heterocycles. The van der Waals surface area contributed by atoms with Crippen LogP contribution in [0.4, 0.5) is 5.69 Å². The molecule has 1 aromatic heterocycles. The van der Waals surface area contributed by atoms with Crippen LogP contribution in [0.1, 0.15) is 25.6 Å². The minimum absolute atomic E-state index is 0.177. The van der Waals surface area contributed by atoms with E-state index in [1.165, 1.54) is 18.7 Å². The van der Waals surface area contributed by atoms with E-state index in [-0.39, 0.29) is 11.8 Å². The minimum Gasteiger partial charge on any atom is -0.854 e. The fourth-order valence-electron chi connectivity index (χ4n) is 3.65. The molecule has 0 spiro atoms. The van der Waals surface area contributed by atoms with Gasteiger partial charge in [-0.05, 0) is 36.1 Å². The number of para-hydroxylation sites is 1. The van der Waals surface area contributed by atoms with Gasteiger partial charge >= 0.3 is 0 Å². The molecule has 9 heteroatoms. The van der Waals surface area contributed by atoms with Crippen LogP contribution in [0.3, 0.4) is 0 Å². The maximum atomic E-state index is 13.1. The second-order valence-corrected chi connectivity index (χ2v) is 8.74. The second kappa shape index (κ2) is 8.23. The lowest BCUT2D eigenvalue weighted by atomic mass is 10.0. The maximum absolute atomic E-state index is 13.1. The van der Waals surface area contributed by atoms with Gasteiger partial charge in [0.25, 0.3) is 17.0 Å². The van der Waals surface area contributed by atoms with Crippen LogP contribution in [-0.2, 0) is 4.79 Å². The van der Waals surface area contributed by atoms with E-state index in [1.54, 1.807) is 16.7 Å². The van der Waals surface area contributed by atoms with Crippen molar-refractivity contribution in [2.45, 2.75) is 25.2 Å². The van der Waals surface area contributed by atoms with Crippen LogP contribution in [0.2, 0.25) is 0 Å². The first-order valence-corrected chi connectivity index (χ1v) is 11.1. The number of anilines is 1. The SMILES string of the molecule is CCSc1nc([O-])c2[n+](n1)C(c1cc(Br)ccc1OC)N(C(C)=O)c1ccccc1-2. The largest absolute Gasteiger partial charge is 0.854 e. The summed E-state index contributed by atoms with van der Waals surface area (Å²) in [6.07, 6.45) is -0.702. The number of fused-ring (bicyclic) bond motifs is 3. The molecule has 3 aromatic rings. The number of nitrogens with zero attached hydrogens (tertiary/aromatic N) is 4. The van der Waals surface area contributed by atoms with Crippen molar-refractivity contribution in [3.63, 3.8) is 0 Å². The van der Waals surface area contributed by atoms with Crippen LogP contribution in [0.15, 0.2) is 52.1 Å². The number of carbonyl (C=O) groups is 1. The Hall–Kier alpha value is -2.65. The number of hydrogen-bond acceptors (Lipinski definition) is 6. The molecular formula is C21H19BrN4O3S. The predicted molar refractivity (Wildman–Crippen MR) is 116 cm³/mol. The number of amides is 1. The van der Waals surface area contributed by atoms with Crippen LogP contribution in [0.25, 0.3) is 11.3 Å². The monoisotopic (exact) mass is 486 g/mol. The van der Waals surface area contributed by atoms with Gasteiger partial charge in [0.05, 0.1) is 29.8 Å². The lowest BCUT2D eigenvalue weighted by Gasteiger charge is -2.33. The summed E-state index contributed by atoms with van der Waals surface area (Å²) >= 11 is 4.88. The zero-order valence-electron chi connectivity index (χ0n) is 16.6. The predicted octanol–water partition coefficient (Wildman–Crippen LogP) is 3.30. The molecule has 1 atom stereocenters. The average molecular weight is 487 g/mol. The van der Waals surface area contributed by atoms with Crippen LogP contribution < -0.4 is 19.4 Å². The number of rotatable bonds is 4. The molecule has 30 heavy (non-hydrogen) atoms. The van der Waals surface area contributed by atoms with E-state index in [2.05, 4.69) is 26.0 Å². The Balaban J connectivity index is 2.09. The normalized spacial score (nSPS) is 14.8. The average Bonchev–Trinajstić information content (AvgIpc) is 2.72. The summed E-state index contributed by atoms with van der Waals surface area (Å²) in [5.74, 6) is 0.749. The molecule has 0 fully saturated rings. The van der Waals surface area contributed by atoms with Crippen molar-refractivity contribution >= 4 is 39.3 Å². The molecule has 0 bridgehead atoms. The zero-order chi connectivity index (χ0) is 21.4. The molecule has 0 N–H and O–H groups in total.